The number of fused-ring (bicyclic) bond motifs is 1. The number of benzene rings is 2. The minimum absolute atomic E-state index is 0.118. The molecule has 2 aromatic carbocycles. The molecule has 2 heterocycles. The maximum Gasteiger partial charge on any atom is 0.161 e. The van der Waals surface area contributed by atoms with Gasteiger partial charge in [-0.2, -0.15) is 0 Å². The predicted molar refractivity (Wildman–Crippen MR) is 117 cm³/mol. The molecule has 29 heavy (non-hydrogen) atoms. The van der Waals surface area contributed by atoms with Crippen LogP contribution >= 0.6 is 11.6 Å². The largest absolute Gasteiger partial charge is 0.493 e. The summed E-state index contributed by atoms with van der Waals surface area (Å²) in [6, 6.07) is 12.3. The standard InChI is InChI=1S/C23H29ClN2O3/c1-27-22-15-17-8-14-29-21(20(17)16-23(22)28-2)7-9-25-10-12-26(13-11-25)19-5-3-18(24)4-6-19/h3-6,15-16,21H,7-14H2,1-2H3. The van der Waals surface area contributed by atoms with Gasteiger partial charge in [-0.3, -0.25) is 4.90 Å². The van der Waals surface area contributed by atoms with E-state index < -0.39 is 0 Å². The van der Waals surface area contributed by atoms with E-state index in [1.54, 1.807) is 14.2 Å². The van der Waals surface area contributed by atoms with Crippen LogP contribution in [0.2, 0.25) is 5.02 Å². The van der Waals surface area contributed by atoms with Crippen molar-refractivity contribution in [2.24, 2.45) is 0 Å². The highest BCUT2D eigenvalue weighted by atomic mass is 35.5. The summed E-state index contributed by atoms with van der Waals surface area (Å²) in [6.45, 7) is 6.00. The van der Waals surface area contributed by atoms with Crippen LogP contribution in [-0.2, 0) is 11.2 Å². The molecule has 0 bridgehead atoms. The van der Waals surface area contributed by atoms with Gasteiger partial charge in [0.05, 0.1) is 26.9 Å². The van der Waals surface area contributed by atoms with Crippen LogP contribution in [0.3, 0.4) is 0 Å². The van der Waals surface area contributed by atoms with Crippen LogP contribution in [0.15, 0.2) is 36.4 Å². The molecular weight excluding hydrogens is 388 g/mol. The average molecular weight is 417 g/mol. The Morgan fingerprint density at radius 1 is 1.00 bits per heavy atom. The van der Waals surface area contributed by atoms with Crippen molar-refractivity contribution in [2.45, 2.75) is 18.9 Å². The van der Waals surface area contributed by atoms with Gasteiger partial charge in [0.2, 0.25) is 0 Å². The second kappa shape index (κ2) is 9.24. The first-order valence-corrected chi connectivity index (χ1v) is 10.6. The molecular formula is C23H29ClN2O3. The van der Waals surface area contributed by atoms with Crippen LogP contribution in [0.25, 0.3) is 0 Å². The van der Waals surface area contributed by atoms with Gasteiger partial charge in [-0.1, -0.05) is 11.6 Å². The predicted octanol–water partition coefficient (Wildman–Crippen LogP) is 4.18. The van der Waals surface area contributed by atoms with Crippen molar-refractivity contribution in [1.29, 1.82) is 0 Å². The molecule has 1 fully saturated rings. The lowest BCUT2D eigenvalue weighted by Gasteiger charge is -2.37. The fourth-order valence-corrected chi connectivity index (χ4v) is 4.40. The first-order chi connectivity index (χ1) is 14.2. The molecule has 6 heteroatoms. The Morgan fingerprint density at radius 3 is 2.38 bits per heavy atom. The van der Waals surface area contributed by atoms with Gasteiger partial charge in [-0.25, -0.2) is 0 Å². The van der Waals surface area contributed by atoms with Crippen molar-refractivity contribution < 1.29 is 14.2 Å². The topological polar surface area (TPSA) is 34.2 Å². The van der Waals surface area contributed by atoms with Crippen LogP contribution in [-0.4, -0.2) is 58.5 Å². The molecule has 1 saturated heterocycles. The summed E-state index contributed by atoms with van der Waals surface area (Å²) in [7, 11) is 3.37. The first-order valence-electron chi connectivity index (χ1n) is 10.3. The van der Waals surface area contributed by atoms with E-state index in [1.807, 2.05) is 12.1 Å². The Bertz CT molecular complexity index is 820. The zero-order chi connectivity index (χ0) is 20.2. The summed E-state index contributed by atoms with van der Waals surface area (Å²) in [5, 5.41) is 0.786. The second-order valence-corrected chi connectivity index (χ2v) is 8.05. The quantitative estimate of drug-likeness (QED) is 0.705. The Labute approximate surface area is 178 Å². The highest BCUT2D eigenvalue weighted by Crippen LogP contribution is 2.38. The molecule has 2 aliphatic rings. The summed E-state index contributed by atoms with van der Waals surface area (Å²) in [5.41, 5.74) is 3.81. The summed E-state index contributed by atoms with van der Waals surface area (Å²) in [6.07, 6.45) is 2.03. The molecule has 4 rings (SSSR count). The number of rotatable bonds is 6. The maximum absolute atomic E-state index is 6.12. The molecule has 0 aliphatic carbocycles. The van der Waals surface area contributed by atoms with E-state index >= 15 is 0 Å². The van der Waals surface area contributed by atoms with E-state index in [1.165, 1.54) is 16.8 Å². The van der Waals surface area contributed by atoms with Gasteiger partial charge >= 0.3 is 0 Å². The van der Waals surface area contributed by atoms with Gasteiger partial charge in [0.25, 0.3) is 0 Å². The lowest BCUT2D eigenvalue weighted by Crippen LogP contribution is -2.46. The number of nitrogens with zero attached hydrogens (tertiary/aromatic N) is 2. The third-order valence-corrected chi connectivity index (χ3v) is 6.21. The molecule has 0 spiro atoms. The lowest BCUT2D eigenvalue weighted by atomic mass is 9.94. The normalized spacial score (nSPS) is 19.7. The molecule has 0 aromatic heterocycles. The average Bonchev–Trinajstić information content (AvgIpc) is 2.77. The van der Waals surface area contributed by atoms with Crippen molar-refractivity contribution in [1.82, 2.24) is 4.90 Å². The molecule has 1 atom stereocenters. The zero-order valence-corrected chi connectivity index (χ0v) is 18.0. The van der Waals surface area contributed by atoms with E-state index in [9.17, 15) is 0 Å². The van der Waals surface area contributed by atoms with Gasteiger partial charge in [0, 0.05) is 43.4 Å². The van der Waals surface area contributed by atoms with E-state index in [-0.39, 0.29) is 6.10 Å². The molecule has 2 aromatic rings. The van der Waals surface area contributed by atoms with E-state index in [0.29, 0.717) is 0 Å². The third-order valence-electron chi connectivity index (χ3n) is 5.95. The second-order valence-electron chi connectivity index (χ2n) is 7.61. The fraction of sp³-hybridized carbons (Fsp3) is 0.478. The number of hydrogen-bond acceptors (Lipinski definition) is 5. The Morgan fingerprint density at radius 2 is 1.69 bits per heavy atom. The molecule has 0 amide bonds. The van der Waals surface area contributed by atoms with E-state index in [0.717, 1.165) is 68.7 Å². The van der Waals surface area contributed by atoms with Crippen LogP contribution in [0.1, 0.15) is 23.7 Å². The number of hydrogen-bond donors (Lipinski definition) is 0. The smallest absolute Gasteiger partial charge is 0.161 e. The maximum atomic E-state index is 6.12. The molecule has 2 aliphatic heterocycles. The molecule has 0 saturated carbocycles. The van der Waals surface area contributed by atoms with Crippen molar-refractivity contribution in [3.05, 3.63) is 52.5 Å². The van der Waals surface area contributed by atoms with Crippen LogP contribution in [0, 0.1) is 0 Å². The van der Waals surface area contributed by atoms with Gasteiger partial charge < -0.3 is 19.1 Å². The summed E-state index contributed by atoms with van der Waals surface area (Å²) in [4.78, 5) is 4.96. The minimum Gasteiger partial charge on any atom is -0.493 e. The molecule has 0 radical (unpaired) electrons. The van der Waals surface area contributed by atoms with E-state index in [4.69, 9.17) is 25.8 Å². The summed E-state index contributed by atoms with van der Waals surface area (Å²) in [5.74, 6) is 1.57. The van der Waals surface area contributed by atoms with E-state index in [2.05, 4.69) is 34.1 Å². The van der Waals surface area contributed by atoms with Crippen molar-refractivity contribution in [2.75, 3.05) is 58.5 Å². The number of halogens is 1. The Kier molecular flexibility index (Phi) is 6.48. The highest BCUT2D eigenvalue weighted by molar-refractivity contribution is 6.30. The van der Waals surface area contributed by atoms with Gasteiger partial charge in [0.15, 0.2) is 11.5 Å². The first kappa shape index (κ1) is 20.3. The number of anilines is 1. The summed E-state index contributed by atoms with van der Waals surface area (Å²) >= 11 is 6.01. The van der Waals surface area contributed by atoms with Crippen molar-refractivity contribution in [3.63, 3.8) is 0 Å². The monoisotopic (exact) mass is 416 g/mol. The Balaban J connectivity index is 1.34. The van der Waals surface area contributed by atoms with Crippen LogP contribution < -0.4 is 14.4 Å². The minimum atomic E-state index is 0.118. The van der Waals surface area contributed by atoms with Gasteiger partial charge in [-0.05, 0) is 60.4 Å². The summed E-state index contributed by atoms with van der Waals surface area (Å²) < 4.78 is 17.1. The number of ether oxygens (including phenoxy) is 3. The SMILES string of the molecule is COc1cc2c(cc1OC)C(CCN1CCN(c3ccc(Cl)cc3)CC1)OCC2. The highest BCUT2D eigenvalue weighted by Gasteiger charge is 2.25. The lowest BCUT2D eigenvalue weighted by molar-refractivity contribution is 0.0286. The molecule has 0 N–H and O–H groups in total. The van der Waals surface area contributed by atoms with Crippen LogP contribution in [0.4, 0.5) is 5.69 Å². The number of methoxy groups -OCH3 is 2. The van der Waals surface area contributed by atoms with Gasteiger partial charge in [-0.15, -0.1) is 0 Å². The van der Waals surface area contributed by atoms with Crippen LogP contribution in [0.5, 0.6) is 11.5 Å². The molecule has 1 unspecified atom stereocenters. The number of piperazine rings is 1. The third kappa shape index (κ3) is 4.63. The Hall–Kier alpha value is -1.95. The van der Waals surface area contributed by atoms with Crippen molar-refractivity contribution >= 4 is 17.3 Å². The fourth-order valence-electron chi connectivity index (χ4n) is 4.27. The zero-order valence-electron chi connectivity index (χ0n) is 17.2. The van der Waals surface area contributed by atoms with Crippen molar-refractivity contribution in [3.8, 4) is 11.5 Å². The molecule has 156 valence electrons. The molecule has 5 nitrogen and oxygen atoms in total. The van der Waals surface area contributed by atoms with Gasteiger partial charge in [0.1, 0.15) is 0 Å².